The fraction of sp³-hybridized carbons (Fsp3) is 0.192. The molecule has 2 nitrogen and oxygen atoms in total. The molecule has 0 radical (unpaired) electrons. The van der Waals surface area contributed by atoms with Crippen molar-refractivity contribution in [1.82, 2.24) is 9.97 Å². The molecular formula is C26H24N2S2. The molecule has 4 heteroatoms. The van der Waals surface area contributed by atoms with E-state index in [1.165, 1.54) is 27.1 Å². The van der Waals surface area contributed by atoms with Crippen molar-refractivity contribution < 1.29 is 0 Å². The summed E-state index contributed by atoms with van der Waals surface area (Å²) in [5.41, 5.74) is 4.67. The fourth-order valence-corrected chi connectivity index (χ4v) is 6.61. The standard InChI is InChI=1S/C26H24N2S2/c1-3-29-26(30-4-2)18-15-13-17(14-16-18)25-27-23-21-11-7-5-9-19(21)20-10-6-8-12-22(20)24(23)28-25/h5-16,26H,3-4H2,1-2H3,(H,27,28). The van der Waals surface area contributed by atoms with Crippen LogP contribution >= 0.6 is 23.5 Å². The molecule has 5 aromatic rings. The van der Waals surface area contributed by atoms with Gasteiger partial charge < -0.3 is 4.98 Å². The van der Waals surface area contributed by atoms with Crippen LogP contribution in [0.15, 0.2) is 72.8 Å². The minimum Gasteiger partial charge on any atom is -0.337 e. The van der Waals surface area contributed by atoms with Crippen molar-refractivity contribution in [3.63, 3.8) is 0 Å². The molecule has 1 aromatic heterocycles. The lowest BCUT2D eigenvalue weighted by atomic mass is 10.0. The first kappa shape index (κ1) is 19.5. The first-order valence-electron chi connectivity index (χ1n) is 10.4. The topological polar surface area (TPSA) is 28.7 Å². The minimum atomic E-state index is 0.498. The van der Waals surface area contributed by atoms with Gasteiger partial charge in [-0.05, 0) is 27.8 Å². The molecule has 0 aliphatic carbocycles. The maximum atomic E-state index is 5.04. The summed E-state index contributed by atoms with van der Waals surface area (Å²) < 4.78 is 0.498. The molecule has 0 saturated carbocycles. The van der Waals surface area contributed by atoms with E-state index < -0.39 is 0 Å². The summed E-state index contributed by atoms with van der Waals surface area (Å²) in [6, 6.07) is 26.1. The van der Waals surface area contributed by atoms with E-state index in [1.54, 1.807) is 0 Å². The molecule has 0 aliphatic rings. The van der Waals surface area contributed by atoms with Crippen LogP contribution < -0.4 is 0 Å². The second-order valence-corrected chi connectivity index (χ2v) is 10.3. The average Bonchev–Trinajstić information content (AvgIpc) is 3.25. The number of imidazole rings is 1. The Morgan fingerprint density at radius 1 is 0.733 bits per heavy atom. The lowest BCUT2D eigenvalue weighted by Gasteiger charge is -2.15. The molecule has 1 heterocycles. The number of nitrogens with one attached hydrogen (secondary N) is 1. The van der Waals surface area contributed by atoms with Crippen molar-refractivity contribution >= 4 is 56.1 Å². The molecule has 150 valence electrons. The van der Waals surface area contributed by atoms with E-state index in [1.807, 2.05) is 23.5 Å². The quantitative estimate of drug-likeness (QED) is 0.219. The van der Waals surface area contributed by atoms with Crippen LogP contribution in [-0.4, -0.2) is 21.5 Å². The largest absolute Gasteiger partial charge is 0.337 e. The van der Waals surface area contributed by atoms with Crippen LogP contribution in [0.4, 0.5) is 0 Å². The maximum absolute atomic E-state index is 5.04. The van der Waals surface area contributed by atoms with Gasteiger partial charge in [0.05, 0.1) is 15.6 Å². The normalized spacial score (nSPS) is 11.8. The molecule has 1 N–H and O–H groups in total. The Bertz CT molecular complexity index is 1240. The molecule has 0 spiro atoms. The molecule has 0 aliphatic heterocycles. The molecule has 0 saturated heterocycles. The number of hydrogen-bond donors (Lipinski definition) is 1. The molecule has 30 heavy (non-hydrogen) atoms. The van der Waals surface area contributed by atoms with Gasteiger partial charge in [0.25, 0.3) is 0 Å². The van der Waals surface area contributed by atoms with Gasteiger partial charge in [-0.15, -0.1) is 23.5 Å². The first-order chi connectivity index (χ1) is 14.8. The predicted molar refractivity (Wildman–Crippen MR) is 136 cm³/mol. The van der Waals surface area contributed by atoms with E-state index in [0.29, 0.717) is 4.58 Å². The Morgan fingerprint density at radius 2 is 1.30 bits per heavy atom. The summed E-state index contributed by atoms with van der Waals surface area (Å²) in [5.74, 6) is 3.19. The number of H-pyrrole nitrogens is 1. The van der Waals surface area contributed by atoms with E-state index in [9.17, 15) is 0 Å². The van der Waals surface area contributed by atoms with Gasteiger partial charge in [-0.25, -0.2) is 4.98 Å². The molecule has 0 atom stereocenters. The number of nitrogens with zero attached hydrogens (tertiary/aromatic N) is 1. The first-order valence-corrected chi connectivity index (χ1v) is 12.5. The molecule has 5 rings (SSSR count). The Balaban J connectivity index is 1.64. The zero-order valence-electron chi connectivity index (χ0n) is 17.2. The molecule has 0 amide bonds. The lowest BCUT2D eigenvalue weighted by molar-refractivity contribution is 1.31. The van der Waals surface area contributed by atoms with Crippen LogP contribution in [0.1, 0.15) is 24.0 Å². The average molecular weight is 429 g/mol. The number of aromatic nitrogens is 2. The van der Waals surface area contributed by atoms with Crippen molar-refractivity contribution in [2.75, 3.05) is 11.5 Å². The van der Waals surface area contributed by atoms with Gasteiger partial charge in [0.15, 0.2) is 0 Å². The summed E-state index contributed by atoms with van der Waals surface area (Å²) >= 11 is 4.00. The number of rotatable bonds is 6. The van der Waals surface area contributed by atoms with Crippen LogP contribution in [0.5, 0.6) is 0 Å². The van der Waals surface area contributed by atoms with E-state index in [-0.39, 0.29) is 0 Å². The van der Waals surface area contributed by atoms with Gasteiger partial charge in [0, 0.05) is 16.3 Å². The van der Waals surface area contributed by atoms with Gasteiger partial charge in [-0.1, -0.05) is 86.6 Å². The van der Waals surface area contributed by atoms with E-state index in [2.05, 4.69) is 91.6 Å². The third-order valence-electron chi connectivity index (χ3n) is 5.46. The van der Waals surface area contributed by atoms with Gasteiger partial charge in [-0.3, -0.25) is 0 Å². The maximum Gasteiger partial charge on any atom is 0.138 e. The monoisotopic (exact) mass is 428 g/mol. The summed E-state index contributed by atoms with van der Waals surface area (Å²) in [6.07, 6.45) is 0. The number of benzene rings is 4. The predicted octanol–water partition coefficient (Wildman–Crippen LogP) is 8.04. The summed E-state index contributed by atoms with van der Waals surface area (Å²) in [5, 5.41) is 4.94. The van der Waals surface area contributed by atoms with Gasteiger partial charge in [0.1, 0.15) is 5.82 Å². The second-order valence-electron chi connectivity index (χ2n) is 7.26. The third kappa shape index (κ3) is 3.38. The molecule has 4 aromatic carbocycles. The Morgan fingerprint density at radius 3 is 1.93 bits per heavy atom. The van der Waals surface area contributed by atoms with Crippen molar-refractivity contribution in [3.05, 3.63) is 78.4 Å². The molecular weight excluding hydrogens is 404 g/mol. The summed E-state index contributed by atoms with van der Waals surface area (Å²) in [4.78, 5) is 8.67. The van der Waals surface area contributed by atoms with Crippen LogP contribution in [0.2, 0.25) is 0 Å². The summed E-state index contributed by atoms with van der Waals surface area (Å²) in [7, 11) is 0. The lowest BCUT2D eigenvalue weighted by Crippen LogP contribution is -1.91. The summed E-state index contributed by atoms with van der Waals surface area (Å²) in [6.45, 7) is 4.45. The zero-order chi connectivity index (χ0) is 20.5. The highest BCUT2D eigenvalue weighted by molar-refractivity contribution is 8.16. The van der Waals surface area contributed by atoms with E-state index in [0.717, 1.165) is 33.9 Å². The fourth-order valence-electron chi connectivity index (χ4n) is 4.10. The highest BCUT2D eigenvalue weighted by Gasteiger charge is 2.15. The van der Waals surface area contributed by atoms with Gasteiger partial charge in [-0.2, -0.15) is 0 Å². The van der Waals surface area contributed by atoms with Crippen molar-refractivity contribution in [2.24, 2.45) is 0 Å². The smallest absolute Gasteiger partial charge is 0.138 e. The van der Waals surface area contributed by atoms with Crippen molar-refractivity contribution in [2.45, 2.75) is 18.4 Å². The third-order valence-corrected chi connectivity index (χ3v) is 8.10. The number of aromatic amines is 1. The molecule has 0 fully saturated rings. The number of hydrogen-bond acceptors (Lipinski definition) is 3. The van der Waals surface area contributed by atoms with Gasteiger partial charge in [0.2, 0.25) is 0 Å². The van der Waals surface area contributed by atoms with Crippen LogP contribution in [0.25, 0.3) is 44.0 Å². The van der Waals surface area contributed by atoms with E-state index >= 15 is 0 Å². The van der Waals surface area contributed by atoms with Crippen molar-refractivity contribution in [1.29, 1.82) is 0 Å². The molecule has 0 unspecified atom stereocenters. The van der Waals surface area contributed by atoms with Crippen LogP contribution in [0, 0.1) is 0 Å². The van der Waals surface area contributed by atoms with Crippen LogP contribution in [-0.2, 0) is 0 Å². The highest BCUT2D eigenvalue weighted by Crippen LogP contribution is 2.40. The van der Waals surface area contributed by atoms with Gasteiger partial charge >= 0.3 is 0 Å². The highest BCUT2D eigenvalue weighted by atomic mass is 32.2. The Hall–Kier alpha value is -2.43. The van der Waals surface area contributed by atoms with E-state index in [4.69, 9.17) is 4.98 Å². The number of thioether (sulfide) groups is 2. The zero-order valence-corrected chi connectivity index (χ0v) is 18.8. The molecule has 0 bridgehead atoms. The SMILES string of the molecule is CCSC(SCC)c1ccc(-c2nc3c4ccccc4c4ccccc4c3[nH]2)cc1. The Kier molecular flexibility index (Phi) is 5.45. The van der Waals surface area contributed by atoms with Crippen molar-refractivity contribution in [3.8, 4) is 11.4 Å². The second kappa shape index (κ2) is 8.37. The Labute approximate surface area is 185 Å². The van der Waals surface area contributed by atoms with Crippen LogP contribution in [0.3, 0.4) is 0 Å². The number of fused-ring (bicyclic) bond motifs is 6. The minimum absolute atomic E-state index is 0.498.